The van der Waals surface area contributed by atoms with Crippen LogP contribution in [0.3, 0.4) is 0 Å². The first-order valence-corrected chi connectivity index (χ1v) is 23.2. The van der Waals surface area contributed by atoms with Crippen LogP contribution in [0.15, 0.2) is 36.4 Å². The summed E-state index contributed by atoms with van der Waals surface area (Å²) in [5, 5.41) is 1.96. The first-order valence-electron chi connectivity index (χ1n) is 23.2. The molecule has 0 bridgehead atoms. The Morgan fingerprint density at radius 1 is 0.641 bits per heavy atom. The minimum Gasteiger partial charge on any atom is -0.444 e. The molecule has 1 N–H and O–H groups in total. The number of aromatic amines is 1. The lowest BCUT2D eigenvalue weighted by molar-refractivity contribution is -0.129. The third kappa shape index (κ3) is 10.5. The molecule has 4 aromatic rings. The molecule has 0 saturated carbocycles. The van der Waals surface area contributed by atoms with Gasteiger partial charge in [-0.1, -0.05) is 13.8 Å². The van der Waals surface area contributed by atoms with Gasteiger partial charge in [0.05, 0.1) is 13.1 Å². The number of amides is 5. The number of ether oxygens (including phenoxy) is 2. The zero-order chi connectivity index (χ0) is 46.2. The number of likely N-dealkylation sites (N-methyl/N-ethyl adjacent to an activating group) is 1. The normalized spacial score (nSPS) is 17.4. The number of aromatic nitrogens is 2. The van der Waals surface area contributed by atoms with E-state index in [-0.39, 0.29) is 36.5 Å². The number of carbonyl (C=O) groups is 5. The molecule has 5 amide bonds. The van der Waals surface area contributed by atoms with Crippen LogP contribution in [-0.4, -0.2) is 129 Å². The van der Waals surface area contributed by atoms with Gasteiger partial charge >= 0.3 is 12.2 Å². The standard InChI is InChI=1S/C27H38N4O4.C23H31N3O3/c1-18-9-12-29(13-10-18)25(33)19-7-8-22-20(15-19)21-16-30(26(34)35-27(2,3)4)14-11-23(21)31(22)17-24(32)28(5)6;1-15-7-10-25(11-8-15)21(27)16-5-6-19-17(13-16)18-14-26(12-9-20(18)24-19)22(28)29-23(2,3)4/h7-8,15,18H,9-14,16-17H2,1-6H3;5-6,13,15,24H,7-12,14H2,1-4H3. The second-order valence-corrected chi connectivity index (χ2v) is 20.6. The lowest BCUT2D eigenvalue weighted by atomic mass is 9.98. The highest BCUT2D eigenvalue weighted by Gasteiger charge is 2.32. The predicted molar refractivity (Wildman–Crippen MR) is 248 cm³/mol. The maximum atomic E-state index is 13.3. The Labute approximate surface area is 378 Å². The summed E-state index contributed by atoms with van der Waals surface area (Å²) < 4.78 is 13.2. The fourth-order valence-electron chi connectivity index (χ4n) is 9.14. The highest BCUT2D eigenvalue weighted by molar-refractivity contribution is 6.00. The number of piperidine rings is 2. The molecule has 0 radical (unpaired) electrons. The molecule has 0 unspecified atom stereocenters. The molecular formula is C50H69N7O7. The smallest absolute Gasteiger partial charge is 0.410 e. The number of likely N-dealkylation sites (tertiary alicyclic amines) is 2. The Kier molecular flexibility index (Phi) is 13.4. The van der Waals surface area contributed by atoms with Crippen molar-refractivity contribution in [2.24, 2.45) is 11.8 Å². The molecule has 2 aromatic carbocycles. The minimum absolute atomic E-state index is 0.00172. The number of hydrogen-bond acceptors (Lipinski definition) is 7. The van der Waals surface area contributed by atoms with E-state index in [4.69, 9.17) is 9.47 Å². The third-order valence-electron chi connectivity index (χ3n) is 13.0. The van der Waals surface area contributed by atoms with Crippen LogP contribution >= 0.6 is 0 Å². The fourth-order valence-corrected chi connectivity index (χ4v) is 9.14. The summed E-state index contributed by atoms with van der Waals surface area (Å²) in [6, 6.07) is 11.7. The summed E-state index contributed by atoms with van der Waals surface area (Å²) in [6.45, 7) is 21.2. The predicted octanol–water partition coefficient (Wildman–Crippen LogP) is 8.23. The monoisotopic (exact) mass is 880 g/mol. The molecule has 8 rings (SSSR count). The molecule has 64 heavy (non-hydrogen) atoms. The lowest BCUT2D eigenvalue weighted by Crippen LogP contribution is -2.40. The van der Waals surface area contributed by atoms with Crippen LogP contribution in [-0.2, 0) is 46.7 Å². The maximum Gasteiger partial charge on any atom is 0.410 e. The quantitative estimate of drug-likeness (QED) is 0.218. The largest absolute Gasteiger partial charge is 0.444 e. The van der Waals surface area contributed by atoms with E-state index in [1.807, 2.05) is 87.7 Å². The lowest BCUT2D eigenvalue weighted by Gasteiger charge is -2.31. The average Bonchev–Trinajstić information content (AvgIpc) is 3.76. The van der Waals surface area contributed by atoms with E-state index >= 15 is 0 Å². The first-order chi connectivity index (χ1) is 30.2. The molecule has 4 aliphatic rings. The molecule has 2 fully saturated rings. The summed E-state index contributed by atoms with van der Waals surface area (Å²) in [5.74, 6) is 1.49. The van der Waals surface area contributed by atoms with Crippen LogP contribution < -0.4 is 0 Å². The van der Waals surface area contributed by atoms with Crippen LogP contribution in [0.2, 0.25) is 0 Å². The van der Waals surface area contributed by atoms with Gasteiger partial charge in [0, 0.05) is 122 Å². The number of benzene rings is 2. The van der Waals surface area contributed by atoms with E-state index in [9.17, 15) is 24.0 Å². The number of nitrogens with one attached hydrogen (secondary N) is 1. The molecule has 6 heterocycles. The van der Waals surface area contributed by atoms with E-state index in [1.165, 1.54) is 0 Å². The van der Waals surface area contributed by atoms with Crippen molar-refractivity contribution in [1.29, 1.82) is 0 Å². The zero-order valence-corrected chi connectivity index (χ0v) is 39.8. The van der Waals surface area contributed by atoms with Crippen molar-refractivity contribution in [2.45, 2.75) is 125 Å². The highest BCUT2D eigenvalue weighted by atomic mass is 16.6. The SMILES string of the molecule is CC1CCN(C(=O)c2ccc3[nH]c4c(c3c2)CN(C(=O)OC(C)(C)C)CC4)CC1.CC1CCN(C(=O)c2ccc3c(c2)c2c(n3CC(=O)N(C)C)CCN(C(=O)OC(C)(C)C)C2)CC1. The van der Waals surface area contributed by atoms with Crippen LogP contribution in [0.1, 0.15) is 124 Å². The molecule has 14 heteroatoms. The third-order valence-corrected chi connectivity index (χ3v) is 13.0. The summed E-state index contributed by atoms with van der Waals surface area (Å²) >= 11 is 0. The Morgan fingerprint density at radius 3 is 1.64 bits per heavy atom. The van der Waals surface area contributed by atoms with Gasteiger partial charge in [-0.3, -0.25) is 14.4 Å². The molecule has 14 nitrogen and oxygen atoms in total. The van der Waals surface area contributed by atoms with E-state index < -0.39 is 11.2 Å². The zero-order valence-electron chi connectivity index (χ0n) is 39.8. The Balaban J connectivity index is 0.000000195. The van der Waals surface area contributed by atoms with Gasteiger partial charge in [0.15, 0.2) is 0 Å². The molecule has 2 saturated heterocycles. The molecule has 0 atom stereocenters. The number of carbonyl (C=O) groups excluding carboxylic acids is 5. The van der Waals surface area contributed by atoms with Crippen LogP contribution in [0.5, 0.6) is 0 Å². The number of nitrogens with zero attached hydrogens (tertiary/aromatic N) is 6. The molecule has 0 aliphatic carbocycles. The Morgan fingerprint density at radius 2 is 1.12 bits per heavy atom. The molecule has 2 aromatic heterocycles. The van der Waals surface area contributed by atoms with Crippen molar-refractivity contribution in [3.05, 3.63) is 70.0 Å². The van der Waals surface area contributed by atoms with Crippen molar-refractivity contribution in [2.75, 3.05) is 53.4 Å². The van der Waals surface area contributed by atoms with E-state index in [2.05, 4.69) is 23.4 Å². The summed E-state index contributed by atoms with van der Waals surface area (Å²) in [7, 11) is 3.50. The summed E-state index contributed by atoms with van der Waals surface area (Å²) in [6.07, 6.45) is 4.94. The molecule has 4 aliphatic heterocycles. The van der Waals surface area contributed by atoms with Crippen LogP contribution in [0.4, 0.5) is 9.59 Å². The van der Waals surface area contributed by atoms with Gasteiger partial charge in [-0.2, -0.15) is 0 Å². The summed E-state index contributed by atoms with van der Waals surface area (Å²) in [5.41, 5.74) is 6.51. The average molecular weight is 880 g/mol. The van der Waals surface area contributed by atoms with Gasteiger partial charge in [-0.15, -0.1) is 0 Å². The van der Waals surface area contributed by atoms with Gasteiger partial charge < -0.3 is 43.5 Å². The maximum absolute atomic E-state index is 13.3. The second kappa shape index (κ2) is 18.5. The van der Waals surface area contributed by atoms with Crippen LogP contribution in [0, 0.1) is 11.8 Å². The van der Waals surface area contributed by atoms with Crippen LogP contribution in [0.25, 0.3) is 21.8 Å². The Hall–Kier alpha value is -5.53. The van der Waals surface area contributed by atoms with Crippen molar-refractivity contribution >= 4 is 51.7 Å². The van der Waals surface area contributed by atoms with Gasteiger partial charge in [0.1, 0.15) is 17.7 Å². The van der Waals surface area contributed by atoms with E-state index in [0.29, 0.717) is 50.0 Å². The van der Waals surface area contributed by atoms with Crippen molar-refractivity contribution in [3.8, 4) is 0 Å². The summed E-state index contributed by atoms with van der Waals surface area (Å²) in [4.78, 5) is 76.7. The number of fused-ring (bicyclic) bond motifs is 6. The minimum atomic E-state index is -0.574. The Bertz CT molecular complexity index is 2400. The van der Waals surface area contributed by atoms with Gasteiger partial charge in [-0.25, -0.2) is 9.59 Å². The number of H-pyrrole nitrogens is 1. The first kappa shape index (κ1) is 46.5. The van der Waals surface area contributed by atoms with Gasteiger partial charge in [0.25, 0.3) is 11.8 Å². The molecule has 0 spiro atoms. The fraction of sp³-hybridized carbons (Fsp3) is 0.580. The van der Waals surface area contributed by atoms with E-state index in [0.717, 1.165) is 108 Å². The second-order valence-electron chi connectivity index (χ2n) is 20.6. The number of hydrogen-bond donors (Lipinski definition) is 1. The van der Waals surface area contributed by atoms with Crippen molar-refractivity contribution in [3.63, 3.8) is 0 Å². The van der Waals surface area contributed by atoms with Gasteiger partial charge in [-0.05, 0) is 115 Å². The van der Waals surface area contributed by atoms with E-state index in [1.54, 1.807) is 28.8 Å². The topological polar surface area (TPSA) is 141 Å². The van der Waals surface area contributed by atoms with Crippen molar-refractivity contribution in [1.82, 2.24) is 34.1 Å². The highest BCUT2D eigenvalue weighted by Crippen LogP contribution is 2.34. The van der Waals surface area contributed by atoms with Crippen molar-refractivity contribution < 1.29 is 33.4 Å². The number of rotatable bonds is 4. The van der Waals surface area contributed by atoms with Gasteiger partial charge in [0.2, 0.25) is 5.91 Å². The molecular weight excluding hydrogens is 811 g/mol. The molecule has 346 valence electrons.